The molecule has 2 atom stereocenters. The lowest BCUT2D eigenvalue weighted by Gasteiger charge is -2.19. The first kappa shape index (κ1) is 21.8. The normalized spacial score (nSPS) is 11.1. The number of ether oxygens (including phenoxy) is 2. The molecule has 0 aromatic heterocycles. The van der Waals surface area contributed by atoms with Crippen LogP contribution >= 0.6 is 20.7 Å². The maximum atomic E-state index is 13.1. The summed E-state index contributed by atoms with van der Waals surface area (Å²) < 4.78 is 18.7. The summed E-state index contributed by atoms with van der Waals surface area (Å²) in [4.78, 5) is 25.7. The third-order valence-electron chi connectivity index (χ3n) is 3.42. The fourth-order valence-corrected chi connectivity index (χ4v) is 2.66. The number of methoxy groups -OCH3 is 1. The fraction of sp³-hybridized carbons (Fsp3) is 0.263. The Kier molecular flexibility index (Phi) is 8.97. The molecular formula is C19H21ClO5P+. The summed E-state index contributed by atoms with van der Waals surface area (Å²) in [7, 11) is 2.62. The van der Waals surface area contributed by atoms with Crippen molar-refractivity contribution >= 4 is 32.5 Å². The molecule has 2 rings (SSSR count). The van der Waals surface area contributed by atoms with Gasteiger partial charge in [0.15, 0.2) is 5.78 Å². The monoisotopic (exact) mass is 395 g/mol. The van der Waals surface area contributed by atoms with Gasteiger partial charge in [0, 0.05) is 0 Å². The molecule has 7 heteroatoms. The number of hydrogen-bond donors (Lipinski definition) is 0. The lowest BCUT2D eigenvalue weighted by Crippen LogP contribution is -2.27. The summed E-state index contributed by atoms with van der Waals surface area (Å²) in [5.74, 6) is -1.83. The third kappa shape index (κ3) is 5.38. The Morgan fingerprint density at radius 3 is 2.15 bits per heavy atom. The molecule has 0 radical (unpaired) electrons. The predicted octanol–water partition coefficient (Wildman–Crippen LogP) is 4.47. The zero-order valence-corrected chi connectivity index (χ0v) is 16.7. The second-order valence-electron chi connectivity index (χ2n) is 5.51. The highest BCUT2D eigenvalue weighted by atomic mass is 35.5. The van der Waals surface area contributed by atoms with Gasteiger partial charge in [-0.1, -0.05) is 52.6 Å². The highest BCUT2D eigenvalue weighted by Gasteiger charge is 2.34. The van der Waals surface area contributed by atoms with Gasteiger partial charge in [0.1, 0.15) is 11.7 Å². The van der Waals surface area contributed by atoms with E-state index in [1.807, 2.05) is 6.07 Å². The zero-order chi connectivity index (χ0) is 19.7. The highest BCUT2D eigenvalue weighted by Crippen LogP contribution is 2.32. The van der Waals surface area contributed by atoms with Crippen LogP contribution in [0.5, 0.6) is 5.75 Å². The molecule has 0 saturated carbocycles. The van der Waals surface area contributed by atoms with Crippen LogP contribution in [-0.2, 0) is 14.1 Å². The van der Waals surface area contributed by atoms with E-state index in [4.69, 9.17) is 25.6 Å². The van der Waals surface area contributed by atoms with Gasteiger partial charge in [0.25, 0.3) is 0 Å². The van der Waals surface area contributed by atoms with Gasteiger partial charge in [-0.3, -0.25) is 9.59 Å². The van der Waals surface area contributed by atoms with Crippen molar-refractivity contribution in [2.75, 3.05) is 7.11 Å². The molecule has 138 valence electrons. The molecule has 0 amide bonds. The molecule has 26 heavy (non-hydrogen) atoms. The van der Waals surface area contributed by atoms with Crippen LogP contribution in [0.4, 0.5) is 0 Å². The van der Waals surface area contributed by atoms with Crippen LogP contribution in [0.25, 0.3) is 0 Å². The van der Waals surface area contributed by atoms with E-state index >= 15 is 0 Å². The minimum atomic E-state index is -1.10. The first-order chi connectivity index (χ1) is 12.5. The van der Waals surface area contributed by atoms with Crippen molar-refractivity contribution in [3.8, 4) is 5.75 Å². The summed E-state index contributed by atoms with van der Waals surface area (Å²) >= 11 is 6.19. The average Bonchev–Trinajstić information content (AvgIpc) is 2.63. The number of carbonyl (C=O) groups excluding carboxylic acids is 2. The minimum Gasteiger partial charge on any atom is -0.496 e. The van der Waals surface area contributed by atoms with Gasteiger partial charge in [0.05, 0.1) is 23.8 Å². The van der Waals surface area contributed by atoms with Crippen LogP contribution in [0.15, 0.2) is 48.5 Å². The number of hydrogen-bond acceptors (Lipinski definition) is 5. The van der Waals surface area contributed by atoms with E-state index < -0.39 is 17.7 Å². The van der Waals surface area contributed by atoms with E-state index in [2.05, 4.69) is 0 Å². The molecule has 0 heterocycles. The number of halogens is 1. The first-order valence-electron chi connectivity index (χ1n) is 7.81. The maximum Gasteiger partial charge on any atom is 0.321 e. The van der Waals surface area contributed by atoms with Crippen LogP contribution in [0.2, 0.25) is 5.02 Å². The molecule has 0 aliphatic heterocycles. The van der Waals surface area contributed by atoms with Gasteiger partial charge >= 0.3 is 15.1 Å². The molecule has 5 nitrogen and oxygen atoms in total. The number of carbonyl (C=O) groups is 2. The summed E-state index contributed by atoms with van der Waals surface area (Å²) in [5, 5.41) is 0.234. The molecule has 0 aliphatic rings. The van der Waals surface area contributed by atoms with E-state index in [0.717, 1.165) is 0 Å². The number of Topliss-reactive ketones (excluding diaryl/α,β-unsaturated/α-hetero) is 1. The van der Waals surface area contributed by atoms with Crippen molar-refractivity contribution in [2.24, 2.45) is 0 Å². The standard InChI is InChI=1S/C19H19ClO4.H2OP/c1-12(2)24-19(22)16(13-8-5-4-6-9-13)18(21)17-14(20)10-7-11-15(17)23-3;1-2/h4-12,16H,1-3H3;2H2/q;+1. The smallest absolute Gasteiger partial charge is 0.321 e. The quantitative estimate of drug-likeness (QED) is 0.312. The van der Waals surface area contributed by atoms with E-state index in [1.165, 1.54) is 16.2 Å². The molecule has 0 N–H and O–H groups in total. The molecular weight excluding hydrogens is 375 g/mol. The van der Waals surface area contributed by atoms with E-state index in [1.54, 1.807) is 56.3 Å². The van der Waals surface area contributed by atoms with Crippen LogP contribution in [0, 0.1) is 0 Å². The Hall–Kier alpha value is -2.23. The molecule has 2 aromatic carbocycles. The van der Waals surface area contributed by atoms with Crippen LogP contribution in [0.1, 0.15) is 35.7 Å². The molecule has 0 fully saturated rings. The minimum absolute atomic E-state index is 0.177. The van der Waals surface area contributed by atoms with Crippen molar-refractivity contribution in [3.05, 3.63) is 64.7 Å². The van der Waals surface area contributed by atoms with Gasteiger partial charge in [-0.15, -0.1) is 0 Å². The Morgan fingerprint density at radius 1 is 1.00 bits per heavy atom. The molecule has 0 aliphatic carbocycles. The Balaban J connectivity index is 0.00000163. The van der Waals surface area contributed by atoms with E-state index in [9.17, 15) is 9.59 Å². The van der Waals surface area contributed by atoms with Crippen molar-refractivity contribution in [1.29, 1.82) is 0 Å². The predicted molar refractivity (Wildman–Crippen MR) is 103 cm³/mol. The summed E-state index contributed by atoms with van der Waals surface area (Å²) in [5.41, 5.74) is 0.728. The van der Waals surface area contributed by atoms with Gasteiger partial charge in [-0.25, -0.2) is 0 Å². The highest BCUT2D eigenvalue weighted by molar-refractivity contribution is 7.00. The Bertz CT molecular complexity index is 749. The lowest BCUT2D eigenvalue weighted by molar-refractivity contribution is -0.147. The zero-order valence-electron chi connectivity index (χ0n) is 14.8. The van der Waals surface area contributed by atoms with Crippen molar-refractivity contribution in [2.45, 2.75) is 25.9 Å². The molecule has 0 bridgehead atoms. The topological polar surface area (TPSA) is 69.7 Å². The van der Waals surface area contributed by atoms with Gasteiger partial charge in [0.2, 0.25) is 0 Å². The van der Waals surface area contributed by atoms with Crippen LogP contribution in [-0.4, -0.2) is 25.0 Å². The summed E-state index contributed by atoms with van der Waals surface area (Å²) in [6, 6.07) is 13.7. The second-order valence-corrected chi connectivity index (χ2v) is 5.92. The lowest BCUT2D eigenvalue weighted by atomic mass is 9.90. The number of ketones is 1. The van der Waals surface area contributed by atoms with Gasteiger partial charge < -0.3 is 9.47 Å². The van der Waals surface area contributed by atoms with Gasteiger partial charge in [-0.05, 0) is 31.5 Å². The first-order valence-corrected chi connectivity index (χ1v) is 8.66. The van der Waals surface area contributed by atoms with Crippen molar-refractivity contribution in [3.63, 3.8) is 0 Å². The van der Waals surface area contributed by atoms with E-state index in [-0.39, 0.29) is 16.7 Å². The average molecular weight is 396 g/mol. The molecule has 2 unspecified atom stereocenters. The maximum absolute atomic E-state index is 13.1. The van der Waals surface area contributed by atoms with Crippen molar-refractivity contribution < 1.29 is 23.6 Å². The largest absolute Gasteiger partial charge is 0.496 e. The molecule has 2 aromatic rings. The van der Waals surface area contributed by atoms with Crippen LogP contribution < -0.4 is 4.74 Å². The third-order valence-corrected chi connectivity index (χ3v) is 3.74. The van der Waals surface area contributed by atoms with Gasteiger partial charge in [-0.2, -0.15) is 0 Å². The SMILES string of the molecule is COc1cccc(Cl)c1C(=O)C(C(=O)OC(C)C)c1ccccc1.O=[PH2+]. The fourth-order valence-electron chi connectivity index (χ4n) is 2.40. The number of rotatable bonds is 6. The van der Waals surface area contributed by atoms with Crippen LogP contribution in [0.3, 0.4) is 0 Å². The Morgan fingerprint density at radius 2 is 1.62 bits per heavy atom. The molecule has 0 saturated heterocycles. The number of benzene rings is 2. The number of esters is 1. The summed E-state index contributed by atoms with van der Waals surface area (Å²) in [6.07, 6.45) is -0.329. The second kappa shape index (κ2) is 10.7. The molecule has 0 spiro atoms. The van der Waals surface area contributed by atoms with E-state index in [0.29, 0.717) is 11.3 Å². The van der Waals surface area contributed by atoms with Crippen molar-refractivity contribution in [1.82, 2.24) is 0 Å². The summed E-state index contributed by atoms with van der Waals surface area (Å²) in [6.45, 7) is 3.47. The Labute approximate surface area is 159 Å².